The molecule has 9 nitrogen and oxygen atoms in total. The number of nitrogens with zero attached hydrogens (tertiary/aromatic N) is 4. The van der Waals surface area contributed by atoms with Crippen LogP contribution in [0.4, 0.5) is 4.39 Å². The quantitative estimate of drug-likeness (QED) is 0.684. The molecule has 4 rings (SSSR count). The van der Waals surface area contributed by atoms with E-state index in [0.29, 0.717) is 49.6 Å². The molecule has 1 saturated heterocycles. The van der Waals surface area contributed by atoms with Crippen LogP contribution in [0.2, 0.25) is 0 Å². The number of sulfonamides is 1. The van der Waals surface area contributed by atoms with Crippen molar-refractivity contribution in [2.45, 2.75) is 38.8 Å². The molecule has 1 aromatic carbocycles. The lowest BCUT2D eigenvalue weighted by atomic mass is 9.89. The van der Waals surface area contributed by atoms with Crippen molar-refractivity contribution in [2.24, 2.45) is 11.1 Å². The Morgan fingerprint density at radius 1 is 1.21 bits per heavy atom. The van der Waals surface area contributed by atoms with Crippen LogP contribution in [0.1, 0.15) is 46.8 Å². The molecule has 33 heavy (non-hydrogen) atoms. The van der Waals surface area contributed by atoms with E-state index >= 15 is 0 Å². The average molecular weight is 476 g/mol. The van der Waals surface area contributed by atoms with Crippen molar-refractivity contribution in [3.8, 4) is 0 Å². The predicted molar refractivity (Wildman–Crippen MR) is 120 cm³/mol. The second-order valence-electron chi connectivity index (χ2n) is 8.38. The molecule has 0 bridgehead atoms. The number of piperidine rings is 1. The van der Waals surface area contributed by atoms with Crippen LogP contribution in [0.5, 0.6) is 0 Å². The van der Waals surface area contributed by atoms with Crippen LogP contribution in [-0.4, -0.2) is 59.8 Å². The van der Waals surface area contributed by atoms with Gasteiger partial charge < -0.3 is 10.2 Å². The molecule has 0 aliphatic carbocycles. The summed E-state index contributed by atoms with van der Waals surface area (Å²) >= 11 is 0. The fourth-order valence-electron chi connectivity index (χ4n) is 4.09. The minimum absolute atomic E-state index is 0.146. The first-order chi connectivity index (χ1) is 15.7. The molecule has 1 N–H and O–H groups in total. The highest BCUT2D eigenvalue weighted by atomic mass is 32.2. The summed E-state index contributed by atoms with van der Waals surface area (Å²) in [4.78, 5) is 26.9. The molecule has 1 amide bonds. The maximum Gasteiger partial charge on any atom is 0.270 e. The van der Waals surface area contributed by atoms with Gasteiger partial charge in [-0.15, -0.1) is 0 Å². The van der Waals surface area contributed by atoms with Gasteiger partial charge in [0.15, 0.2) is 0 Å². The summed E-state index contributed by atoms with van der Waals surface area (Å²) in [6.45, 7) is 2.90. The van der Waals surface area contributed by atoms with Crippen molar-refractivity contribution in [1.82, 2.24) is 19.6 Å². The molecule has 2 aliphatic heterocycles. The van der Waals surface area contributed by atoms with Crippen LogP contribution in [0.3, 0.4) is 0 Å². The summed E-state index contributed by atoms with van der Waals surface area (Å²) in [5.74, 6) is -0.0621. The first kappa shape index (κ1) is 23.2. The van der Waals surface area contributed by atoms with Crippen LogP contribution in [0.15, 0.2) is 35.5 Å². The normalized spacial score (nSPS) is 19.7. The Morgan fingerprint density at radius 2 is 1.91 bits per heavy atom. The number of nitrogens with one attached hydrogen (secondary N) is 1. The fraction of sp³-hybridized carbons (Fsp3) is 0.455. The highest BCUT2D eigenvalue weighted by molar-refractivity contribution is 7.88. The molecule has 0 spiro atoms. The zero-order valence-corrected chi connectivity index (χ0v) is 19.3. The topological polar surface area (TPSA) is 114 Å². The molecule has 11 heteroatoms. The Hall–Kier alpha value is -2.92. The van der Waals surface area contributed by atoms with E-state index in [9.17, 15) is 17.6 Å². The number of carbonyl (C=O) groups is 1. The van der Waals surface area contributed by atoms with Gasteiger partial charge in [-0.1, -0.05) is 17.3 Å². The molecule has 0 radical (unpaired) electrons. The van der Waals surface area contributed by atoms with E-state index in [4.69, 9.17) is 4.84 Å². The second-order valence-corrected chi connectivity index (χ2v) is 10.4. The maximum atomic E-state index is 13.0. The van der Waals surface area contributed by atoms with E-state index < -0.39 is 10.0 Å². The first-order valence-electron chi connectivity index (χ1n) is 10.8. The molecule has 3 heterocycles. The lowest BCUT2D eigenvalue weighted by Gasteiger charge is -2.32. The SMILES string of the molecule is Cc1nc(C(=O)NCc2ccc(F)cc2)cc(C2=NOC(C3CCN(S(C)(=O)=O)CC3)C2)n1. The summed E-state index contributed by atoms with van der Waals surface area (Å²) in [5.41, 5.74) is 2.16. The molecule has 176 valence electrons. The van der Waals surface area contributed by atoms with Crippen molar-refractivity contribution in [2.75, 3.05) is 19.3 Å². The van der Waals surface area contributed by atoms with Gasteiger partial charge in [0, 0.05) is 32.0 Å². The number of oxime groups is 1. The van der Waals surface area contributed by atoms with Crippen LogP contribution >= 0.6 is 0 Å². The second kappa shape index (κ2) is 9.52. The van der Waals surface area contributed by atoms with Gasteiger partial charge in [-0.3, -0.25) is 4.79 Å². The Morgan fingerprint density at radius 3 is 2.58 bits per heavy atom. The Balaban J connectivity index is 1.37. The summed E-state index contributed by atoms with van der Waals surface area (Å²) in [7, 11) is -3.18. The van der Waals surface area contributed by atoms with Crippen molar-refractivity contribution in [3.63, 3.8) is 0 Å². The van der Waals surface area contributed by atoms with Gasteiger partial charge in [-0.2, -0.15) is 0 Å². The lowest BCUT2D eigenvalue weighted by molar-refractivity contribution is 0.0225. The van der Waals surface area contributed by atoms with Gasteiger partial charge in [0.25, 0.3) is 5.91 Å². The third-order valence-electron chi connectivity index (χ3n) is 5.92. The zero-order chi connectivity index (χ0) is 23.6. The van der Waals surface area contributed by atoms with E-state index in [1.165, 1.54) is 22.7 Å². The van der Waals surface area contributed by atoms with Crippen LogP contribution < -0.4 is 5.32 Å². The number of benzene rings is 1. The average Bonchev–Trinajstić information content (AvgIpc) is 3.28. The fourth-order valence-corrected chi connectivity index (χ4v) is 4.96. The predicted octanol–water partition coefficient (Wildman–Crippen LogP) is 2.02. The summed E-state index contributed by atoms with van der Waals surface area (Å²) in [6, 6.07) is 7.49. The van der Waals surface area contributed by atoms with Crippen molar-refractivity contribution >= 4 is 21.6 Å². The van der Waals surface area contributed by atoms with Gasteiger partial charge in [0.2, 0.25) is 10.0 Å². The Labute approximate surface area is 192 Å². The molecule has 1 aromatic heterocycles. The Kier molecular flexibility index (Phi) is 6.71. The van der Waals surface area contributed by atoms with Crippen molar-refractivity contribution < 1.29 is 22.4 Å². The highest BCUT2D eigenvalue weighted by Gasteiger charge is 2.35. The monoisotopic (exact) mass is 475 g/mol. The lowest BCUT2D eigenvalue weighted by Crippen LogP contribution is -2.40. The third kappa shape index (κ3) is 5.72. The van der Waals surface area contributed by atoms with Crippen LogP contribution in [0, 0.1) is 18.7 Å². The highest BCUT2D eigenvalue weighted by Crippen LogP contribution is 2.30. The number of aromatic nitrogens is 2. The van der Waals surface area contributed by atoms with E-state index in [1.54, 1.807) is 25.1 Å². The van der Waals surface area contributed by atoms with Crippen molar-refractivity contribution in [3.05, 3.63) is 58.9 Å². The van der Waals surface area contributed by atoms with E-state index in [2.05, 4.69) is 20.4 Å². The molecule has 1 fully saturated rings. The molecule has 0 saturated carbocycles. The zero-order valence-electron chi connectivity index (χ0n) is 18.5. The maximum absolute atomic E-state index is 13.0. The summed E-state index contributed by atoms with van der Waals surface area (Å²) in [6.07, 6.45) is 3.04. The van der Waals surface area contributed by atoms with E-state index in [-0.39, 0.29) is 36.0 Å². The van der Waals surface area contributed by atoms with Gasteiger partial charge in [0.1, 0.15) is 29.2 Å². The van der Waals surface area contributed by atoms with Gasteiger partial charge in [-0.05, 0) is 43.5 Å². The van der Waals surface area contributed by atoms with Gasteiger partial charge >= 0.3 is 0 Å². The summed E-state index contributed by atoms with van der Waals surface area (Å²) in [5, 5.41) is 6.98. The number of rotatable bonds is 6. The van der Waals surface area contributed by atoms with Crippen LogP contribution in [0.25, 0.3) is 0 Å². The number of aryl methyl sites for hydroxylation is 1. The first-order valence-corrected chi connectivity index (χ1v) is 12.6. The van der Waals surface area contributed by atoms with Gasteiger partial charge in [-0.25, -0.2) is 27.1 Å². The molecular formula is C22H26FN5O4S. The third-order valence-corrected chi connectivity index (χ3v) is 7.22. The summed E-state index contributed by atoms with van der Waals surface area (Å²) < 4.78 is 38.0. The minimum atomic E-state index is -3.18. The standard InChI is InChI=1S/C22H26FN5O4S/c1-14-25-18(11-20(26-14)22(29)24-13-15-3-5-17(23)6-4-15)19-12-21(32-27-19)16-7-9-28(10-8-16)33(2,30)31/h3-6,11,16,21H,7-10,12-13H2,1-2H3,(H,24,29). The van der Waals surface area contributed by atoms with Gasteiger partial charge in [0.05, 0.1) is 11.9 Å². The Bertz CT molecular complexity index is 1160. The van der Waals surface area contributed by atoms with Crippen LogP contribution in [-0.2, 0) is 21.4 Å². The smallest absolute Gasteiger partial charge is 0.270 e. The molecule has 2 aromatic rings. The van der Waals surface area contributed by atoms with E-state index in [0.717, 1.165) is 5.56 Å². The molecular weight excluding hydrogens is 449 g/mol. The largest absolute Gasteiger partial charge is 0.391 e. The minimum Gasteiger partial charge on any atom is -0.391 e. The molecule has 1 atom stereocenters. The number of amides is 1. The van der Waals surface area contributed by atoms with E-state index in [1.807, 2.05) is 0 Å². The number of hydrogen-bond acceptors (Lipinski definition) is 7. The molecule has 1 unspecified atom stereocenters. The number of halogens is 1. The van der Waals surface area contributed by atoms with Crippen molar-refractivity contribution in [1.29, 1.82) is 0 Å². The number of hydrogen-bond donors (Lipinski definition) is 1. The number of carbonyl (C=O) groups excluding carboxylic acids is 1. The molecule has 2 aliphatic rings.